The maximum Gasteiger partial charge on any atom is 0.282 e. The van der Waals surface area contributed by atoms with Crippen LogP contribution in [0.15, 0.2) is 59.5 Å². The van der Waals surface area contributed by atoms with Gasteiger partial charge in [-0.3, -0.25) is 9.59 Å². The van der Waals surface area contributed by atoms with E-state index in [4.69, 9.17) is 11.6 Å². The van der Waals surface area contributed by atoms with Crippen LogP contribution in [0.25, 0.3) is 15.2 Å². The molecule has 2 aromatic carbocycles. The number of hydrogen-bond donors (Lipinski definition) is 1. The van der Waals surface area contributed by atoms with E-state index in [0.717, 1.165) is 4.70 Å². The maximum absolute atomic E-state index is 12.7. The Bertz CT molecular complexity index is 1140. The molecule has 0 spiro atoms. The fraction of sp³-hybridized carbons (Fsp3) is 0. The van der Waals surface area contributed by atoms with Crippen LogP contribution < -0.4 is 10.9 Å². The number of amides is 1. The lowest BCUT2D eigenvalue weighted by Gasteiger charge is -2.04. The van der Waals surface area contributed by atoms with Gasteiger partial charge in [0.25, 0.3) is 11.5 Å². The Morgan fingerprint density at radius 1 is 1.17 bits per heavy atom. The van der Waals surface area contributed by atoms with E-state index in [1.807, 2.05) is 6.07 Å². The van der Waals surface area contributed by atoms with Crippen molar-refractivity contribution in [3.63, 3.8) is 0 Å². The monoisotopic (exact) mass is 355 g/mol. The largest absolute Gasteiger partial charge is 0.316 e. The molecule has 0 fully saturated rings. The highest BCUT2D eigenvalue weighted by Gasteiger charge is 2.14. The number of rotatable bonds is 2. The Kier molecular flexibility index (Phi) is 3.55. The van der Waals surface area contributed by atoms with Gasteiger partial charge in [0.05, 0.1) is 16.4 Å². The molecule has 0 atom stereocenters. The van der Waals surface area contributed by atoms with Gasteiger partial charge < -0.3 is 5.32 Å². The SMILES string of the molecule is O=C(Nc1cnc2sc3cc(Cl)ccc3n2c1=O)c1ccccc1. The van der Waals surface area contributed by atoms with Gasteiger partial charge in [-0.25, -0.2) is 9.38 Å². The Labute approximate surface area is 145 Å². The van der Waals surface area contributed by atoms with Gasteiger partial charge in [0.2, 0.25) is 0 Å². The van der Waals surface area contributed by atoms with E-state index >= 15 is 0 Å². The summed E-state index contributed by atoms with van der Waals surface area (Å²) >= 11 is 7.36. The lowest BCUT2D eigenvalue weighted by Crippen LogP contribution is -2.22. The van der Waals surface area contributed by atoms with Crippen LogP contribution >= 0.6 is 22.9 Å². The zero-order valence-electron chi connectivity index (χ0n) is 12.2. The van der Waals surface area contributed by atoms with Crippen molar-refractivity contribution in [2.24, 2.45) is 0 Å². The fourth-order valence-corrected chi connectivity index (χ4v) is 3.71. The van der Waals surface area contributed by atoms with Crippen molar-refractivity contribution in [1.29, 1.82) is 0 Å². The number of halogens is 1. The summed E-state index contributed by atoms with van der Waals surface area (Å²) in [5.41, 5.74) is 1.01. The van der Waals surface area contributed by atoms with Crippen LogP contribution in [0.5, 0.6) is 0 Å². The number of nitrogens with zero attached hydrogens (tertiary/aromatic N) is 2. The van der Waals surface area contributed by atoms with Crippen molar-refractivity contribution in [2.75, 3.05) is 5.32 Å². The molecule has 0 radical (unpaired) electrons. The number of hydrogen-bond acceptors (Lipinski definition) is 4. The van der Waals surface area contributed by atoms with E-state index < -0.39 is 0 Å². The van der Waals surface area contributed by atoms with Crippen LogP contribution in [-0.4, -0.2) is 15.3 Å². The molecule has 2 heterocycles. The van der Waals surface area contributed by atoms with E-state index in [0.29, 0.717) is 21.1 Å². The predicted octanol–water partition coefficient (Wildman–Crippen LogP) is 3.81. The summed E-state index contributed by atoms with van der Waals surface area (Å²) in [4.78, 5) is 29.8. The summed E-state index contributed by atoms with van der Waals surface area (Å²) in [6.45, 7) is 0. The van der Waals surface area contributed by atoms with Crippen LogP contribution in [-0.2, 0) is 0 Å². The van der Waals surface area contributed by atoms with Crippen molar-refractivity contribution >= 4 is 49.7 Å². The number of thiazole rings is 1. The van der Waals surface area contributed by atoms with Gasteiger partial charge >= 0.3 is 0 Å². The van der Waals surface area contributed by atoms with E-state index in [1.165, 1.54) is 21.9 Å². The molecule has 0 aliphatic rings. The van der Waals surface area contributed by atoms with Gasteiger partial charge in [-0.2, -0.15) is 0 Å². The Morgan fingerprint density at radius 2 is 1.96 bits per heavy atom. The van der Waals surface area contributed by atoms with Gasteiger partial charge in [0.1, 0.15) is 5.69 Å². The van der Waals surface area contributed by atoms with E-state index in [1.54, 1.807) is 42.5 Å². The highest BCUT2D eigenvalue weighted by molar-refractivity contribution is 7.23. The van der Waals surface area contributed by atoms with Crippen LogP contribution in [0.2, 0.25) is 5.02 Å². The third-order valence-electron chi connectivity index (χ3n) is 3.58. The van der Waals surface area contributed by atoms with Gasteiger partial charge in [-0.15, -0.1) is 0 Å². The number of benzene rings is 2. The minimum atomic E-state index is -0.350. The minimum absolute atomic E-state index is 0.135. The highest BCUT2D eigenvalue weighted by Crippen LogP contribution is 2.27. The van der Waals surface area contributed by atoms with E-state index in [2.05, 4.69) is 10.3 Å². The molecule has 1 amide bonds. The Balaban J connectivity index is 1.82. The predicted molar refractivity (Wildman–Crippen MR) is 96.3 cm³/mol. The standard InChI is InChI=1S/C17H10ClN3O2S/c18-11-6-7-13-14(8-11)24-17-19-9-12(16(23)21(13)17)20-15(22)10-4-2-1-3-5-10/h1-9H,(H,20,22). The van der Waals surface area contributed by atoms with Crippen LogP contribution in [0.3, 0.4) is 0 Å². The summed E-state index contributed by atoms with van der Waals surface area (Å²) in [5, 5.41) is 3.23. The van der Waals surface area contributed by atoms with Crippen LogP contribution in [0.4, 0.5) is 5.69 Å². The molecule has 118 valence electrons. The molecular weight excluding hydrogens is 346 g/mol. The Morgan fingerprint density at radius 3 is 2.75 bits per heavy atom. The molecule has 0 bridgehead atoms. The summed E-state index contributed by atoms with van der Waals surface area (Å²) < 4.78 is 2.34. The normalized spacial score (nSPS) is 11.0. The first-order valence-corrected chi connectivity index (χ1v) is 8.29. The minimum Gasteiger partial charge on any atom is -0.316 e. The quantitative estimate of drug-likeness (QED) is 0.594. The molecule has 0 aliphatic carbocycles. The summed E-state index contributed by atoms with van der Waals surface area (Å²) in [7, 11) is 0. The topological polar surface area (TPSA) is 63.5 Å². The zero-order valence-corrected chi connectivity index (χ0v) is 13.8. The molecule has 4 aromatic rings. The number of aromatic nitrogens is 2. The fourth-order valence-electron chi connectivity index (χ4n) is 2.45. The van der Waals surface area contributed by atoms with Gasteiger partial charge in [0.15, 0.2) is 4.96 Å². The molecule has 0 saturated heterocycles. The third-order valence-corrected chi connectivity index (χ3v) is 4.83. The van der Waals surface area contributed by atoms with Gasteiger partial charge in [-0.1, -0.05) is 41.1 Å². The lowest BCUT2D eigenvalue weighted by atomic mass is 10.2. The first-order chi connectivity index (χ1) is 11.6. The average molecular weight is 356 g/mol. The van der Waals surface area contributed by atoms with E-state index in [9.17, 15) is 9.59 Å². The molecule has 5 nitrogen and oxygen atoms in total. The van der Waals surface area contributed by atoms with Crippen LogP contribution in [0, 0.1) is 0 Å². The second-order valence-corrected chi connectivity index (χ2v) is 6.57. The van der Waals surface area contributed by atoms with Gasteiger partial charge in [-0.05, 0) is 30.3 Å². The van der Waals surface area contributed by atoms with Crippen molar-refractivity contribution in [3.8, 4) is 0 Å². The van der Waals surface area contributed by atoms with Crippen molar-refractivity contribution in [3.05, 3.63) is 75.7 Å². The highest BCUT2D eigenvalue weighted by atomic mass is 35.5. The molecular formula is C17H10ClN3O2S. The smallest absolute Gasteiger partial charge is 0.282 e. The average Bonchev–Trinajstić information content (AvgIpc) is 2.96. The van der Waals surface area contributed by atoms with Crippen molar-refractivity contribution in [1.82, 2.24) is 9.38 Å². The number of fused-ring (bicyclic) bond motifs is 3. The second kappa shape index (κ2) is 5.74. The summed E-state index contributed by atoms with van der Waals surface area (Å²) in [5.74, 6) is -0.350. The zero-order chi connectivity index (χ0) is 16.7. The molecule has 4 rings (SSSR count). The molecule has 0 unspecified atom stereocenters. The third kappa shape index (κ3) is 2.46. The molecule has 24 heavy (non-hydrogen) atoms. The van der Waals surface area contributed by atoms with E-state index in [-0.39, 0.29) is 17.2 Å². The summed E-state index contributed by atoms with van der Waals surface area (Å²) in [6.07, 6.45) is 1.38. The first kappa shape index (κ1) is 14.9. The Hall–Kier alpha value is -2.70. The van der Waals surface area contributed by atoms with Crippen molar-refractivity contribution < 1.29 is 4.79 Å². The molecule has 1 N–H and O–H groups in total. The summed E-state index contributed by atoms with van der Waals surface area (Å²) in [6, 6.07) is 14.0. The molecule has 0 saturated carbocycles. The molecule has 2 aromatic heterocycles. The second-order valence-electron chi connectivity index (χ2n) is 5.13. The maximum atomic E-state index is 12.7. The number of anilines is 1. The number of nitrogens with one attached hydrogen (secondary N) is 1. The van der Waals surface area contributed by atoms with Crippen molar-refractivity contribution in [2.45, 2.75) is 0 Å². The number of carbonyl (C=O) groups is 1. The molecule has 7 heteroatoms. The van der Waals surface area contributed by atoms with Crippen LogP contribution in [0.1, 0.15) is 10.4 Å². The number of carbonyl (C=O) groups excluding carboxylic acids is 1. The molecule has 0 aliphatic heterocycles. The van der Waals surface area contributed by atoms with Gasteiger partial charge in [0, 0.05) is 10.6 Å². The first-order valence-electron chi connectivity index (χ1n) is 7.10. The lowest BCUT2D eigenvalue weighted by molar-refractivity contribution is 0.102.